The Bertz CT molecular complexity index is 1120. The number of rotatable bonds is 39. The van der Waals surface area contributed by atoms with Gasteiger partial charge in [-0.15, -0.1) is 5.06 Å². The van der Waals surface area contributed by atoms with E-state index in [2.05, 4.69) is 55.4 Å². The number of piperidine rings is 1. The fraction of sp³-hybridized carbons (Fsp3) is 0.964. The highest BCUT2D eigenvalue weighted by Gasteiger charge is 2.64. The van der Waals surface area contributed by atoms with Gasteiger partial charge in [0.25, 0.3) is 0 Å². The minimum absolute atomic E-state index is 0.0504. The predicted molar refractivity (Wildman–Crippen MR) is 261 cm³/mol. The summed E-state index contributed by atoms with van der Waals surface area (Å²) < 4.78 is 19.7. The second-order valence-corrected chi connectivity index (χ2v) is 20.9. The molecule has 2 rings (SSSR count). The highest BCUT2D eigenvalue weighted by molar-refractivity contribution is 5.69. The SMILES string of the molecule is CCCCCCCCCCCCCCCCCCC(=O)OCC1(CC)COC2(CC(C)(CC)N(OC(=O)CCCCCCCCCCCCCCCCC)C(C)(CC)C2C)OC1. The number of hydroxylamine groups is 2. The molecule has 3 unspecified atom stereocenters. The minimum atomic E-state index is -0.803. The Morgan fingerprint density at radius 2 is 0.855 bits per heavy atom. The predicted octanol–water partition coefficient (Wildman–Crippen LogP) is 16.7. The average Bonchev–Trinajstić information content (AvgIpc) is 3.28. The molecule has 7 heteroatoms. The molecule has 0 aromatic rings. The number of unbranched alkanes of at least 4 members (excludes halogenated alkanes) is 29. The van der Waals surface area contributed by atoms with Gasteiger partial charge in [0.05, 0.1) is 29.7 Å². The number of carbonyl (C=O) groups is 2. The maximum atomic E-state index is 13.4. The van der Waals surface area contributed by atoms with Gasteiger partial charge in [-0.3, -0.25) is 9.59 Å². The summed E-state index contributed by atoms with van der Waals surface area (Å²) in [6.45, 7) is 19.0. The van der Waals surface area contributed by atoms with E-state index in [1.165, 1.54) is 173 Å². The van der Waals surface area contributed by atoms with Gasteiger partial charge in [0.15, 0.2) is 5.79 Å². The molecule has 0 aromatic heterocycles. The standard InChI is InChI=1S/C55H105NO6/c1-9-14-16-18-20-22-24-26-28-30-31-33-35-37-39-41-43-50(57)59-46-54(13-5)47-60-55(61-48-54)45-52(7,11-3)56(53(8,12-4)49(55)6)62-51(58)44-42-40-38-36-34-32-29-27-25-23-21-19-17-15-10-2/h49H,9-48H2,1-8H3. The van der Waals surface area contributed by atoms with E-state index in [0.717, 1.165) is 44.9 Å². The van der Waals surface area contributed by atoms with Gasteiger partial charge in [-0.2, -0.15) is 0 Å². The zero-order valence-corrected chi connectivity index (χ0v) is 42.8. The first-order valence-corrected chi connectivity index (χ1v) is 27.4. The largest absolute Gasteiger partial charge is 0.465 e. The van der Waals surface area contributed by atoms with Gasteiger partial charge in [0.1, 0.15) is 6.61 Å². The van der Waals surface area contributed by atoms with Gasteiger partial charge in [-0.1, -0.05) is 228 Å². The van der Waals surface area contributed by atoms with Crippen LogP contribution in [0.3, 0.4) is 0 Å². The topological polar surface area (TPSA) is 74.3 Å². The number of ether oxygens (including phenoxy) is 3. The van der Waals surface area contributed by atoms with Crippen molar-refractivity contribution in [2.45, 2.75) is 310 Å². The van der Waals surface area contributed by atoms with Gasteiger partial charge in [-0.25, -0.2) is 0 Å². The van der Waals surface area contributed by atoms with E-state index in [0.29, 0.717) is 39.1 Å². The van der Waals surface area contributed by atoms with E-state index in [1.807, 2.05) is 5.06 Å². The molecule has 0 bridgehead atoms. The molecule has 0 saturated carbocycles. The minimum Gasteiger partial charge on any atom is -0.465 e. The van der Waals surface area contributed by atoms with Crippen molar-refractivity contribution in [3.05, 3.63) is 0 Å². The van der Waals surface area contributed by atoms with Crippen molar-refractivity contribution in [3.63, 3.8) is 0 Å². The highest BCUT2D eigenvalue weighted by Crippen LogP contribution is 2.54. The molecule has 2 aliphatic rings. The number of carbonyl (C=O) groups excluding carboxylic acids is 2. The highest BCUT2D eigenvalue weighted by atomic mass is 16.7. The number of nitrogens with zero attached hydrogens (tertiary/aromatic N) is 1. The second kappa shape index (κ2) is 33.3. The first-order valence-electron chi connectivity index (χ1n) is 27.4. The fourth-order valence-electron chi connectivity index (χ4n) is 10.2. The van der Waals surface area contributed by atoms with Crippen LogP contribution in [-0.4, -0.2) is 53.7 Å². The van der Waals surface area contributed by atoms with Crippen molar-refractivity contribution in [1.82, 2.24) is 5.06 Å². The summed E-state index contributed by atoms with van der Waals surface area (Å²) in [6, 6.07) is 0. The maximum absolute atomic E-state index is 13.4. The summed E-state index contributed by atoms with van der Waals surface area (Å²) in [7, 11) is 0. The van der Waals surface area contributed by atoms with Crippen molar-refractivity contribution in [2.75, 3.05) is 19.8 Å². The second-order valence-electron chi connectivity index (χ2n) is 20.9. The molecule has 2 heterocycles. The molecular weight excluding hydrogens is 771 g/mol. The fourth-order valence-corrected chi connectivity index (χ4v) is 10.2. The van der Waals surface area contributed by atoms with Crippen LogP contribution in [-0.2, 0) is 28.6 Å². The molecular formula is C55H105NO6. The summed E-state index contributed by atoms with van der Waals surface area (Å²) >= 11 is 0. The van der Waals surface area contributed by atoms with Crippen LogP contribution in [0.25, 0.3) is 0 Å². The van der Waals surface area contributed by atoms with E-state index in [1.54, 1.807) is 0 Å². The third-order valence-electron chi connectivity index (χ3n) is 15.6. The third-order valence-corrected chi connectivity index (χ3v) is 15.6. The Balaban J connectivity index is 1.68. The van der Waals surface area contributed by atoms with Crippen LogP contribution in [0.15, 0.2) is 0 Å². The van der Waals surface area contributed by atoms with Crippen LogP contribution in [0.5, 0.6) is 0 Å². The van der Waals surface area contributed by atoms with Crippen molar-refractivity contribution < 1.29 is 28.6 Å². The molecule has 0 N–H and O–H groups in total. The Morgan fingerprint density at radius 1 is 0.500 bits per heavy atom. The normalized spacial score (nSPS) is 25.4. The van der Waals surface area contributed by atoms with E-state index in [-0.39, 0.29) is 23.3 Å². The molecule has 0 aliphatic carbocycles. The van der Waals surface area contributed by atoms with Crippen LogP contribution < -0.4 is 0 Å². The third kappa shape index (κ3) is 21.0. The Kier molecular flexibility index (Phi) is 30.6. The zero-order chi connectivity index (χ0) is 45.4. The Labute approximate surface area is 385 Å². The zero-order valence-electron chi connectivity index (χ0n) is 42.8. The Morgan fingerprint density at radius 3 is 1.19 bits per heavy atom. The summed E-state index contributed by atoms with van der Waals surface area (Å²) in [5.41, 5.74) is -1.29. The molecule has 2 aliphatic heterocycles. The number of hydrogen-bond donors (Lipinski definition) is 0. The van der Waals surface area contributed by atoms with E-state index in [9.17, 15) is 9.59 Å². The van der Waals surface area contributed by atoms with Crippen LogP contribution in [0.2, 0.25) is 0 Å². The van der Waals surface area contributed by atoms with Gasteiger partial charge < -0.3 is 19.0 Å². The van der Waals surface area contributed by atoms with E-state index >= 15 is 0 Å². The number of esters is 1. The molecule has 7 nitrogen and oxygen atoms in total. The monoisotopic (exact) mass is 876 g/mol. The molecule has 2 fully saturated rings. The molecule has 3 atom stereocenters. The van der Waals surface area contributed by atoms with Crippen LogP contribution >= 0.6 is 0 Å². The lowest BCUT2D eigenvalue weighted by Gasteiger charge is -2.63. The van der Waals surface area contributed by atoms with E-state index < -0.39 is 16.9 Å². The van der Waals surface area contributed by atoms with Crippen molar-refractivity contribution in [3.8, 4) is 0 Å². The molecule has 2 saturated heterocycles. The Hall–Kier alpha value is -1.18. The summed E-state index contributed by atoms with van der Waals surface area (Å²) in [4.78, 5) is 32.7. The van der Waals surface area contributed by atoms with Gasteiger partial charge >= 0.3 is 11.9 Å². The first-order chi connectivity index (χ1) is 30.0. The van der Waals surface area contributed by atoms with E-state index in [4.69, 9.17) is 19.0 Å². The van der Waals surface area contributed by atoms with Crippen LogP contribution in [0, 0.1) is 11.3 Å². The molecule has 1 spiro atoms. The summed E-state index contributed by atoms with van der Waals surface area (Å²) in [6.07, 6.45) is 44.7. The summed E-state index contributed by atoms with van der Waals surface area (Å²) in [5, 5.41) is 2.04. The molecule has 0 aromatic carbocycles. The van der Waals surface area contributed by atoms with Gasteiger partial charge in [0, 0.05) is 25.2 Å². The molecule has 366 valence electrons. The lowest BCUT2D eigenvalue weighted by molar-refractivity contribution is -0.403. The average molecular weight is 876 g/mol. The van der Waals surface area contributed by atoms with Crippen LogP contribution in [0.1, 0.15) is 293 Å². The summed E-state index contributed by atoms with van der Waals surface area (Å²) in [5.74, 6) is -1.08. The maximum Gasteiger partial charge on any atom is 0.325 e. The van der Waals surface area contributed by atoms with Gasteiger partial charge in [-0.05, 0) is 46.0 Å². The first kappa shape index (κ1) is 56.9. The smallest absolute Gasteiger partial charge is 0.325 e. The van der Waals surface area contributed by atoms with Crippen molar-refractivity contribution in [2.24, 2.45) is 11.3 Å². The lowest BCUT2D eigenvalue weighted by atomic mass is 9.66. The van der Waals surface area contributed by atoms with Crippen molar-refractivity contribution in [1.29, 1.82) is 0 Å². The quantitative estimate of drug-likeness (QED) is 0.0450. The molecule has 0 radical (unpaired) electrons. The van der Waals surface area contributed by atoms with Gasteiger partial charge in [0.2, 0.25) is 0 Å². The van der Waals surface area contributed by atoms with Crippen molar-refractivity contribution >= 4 is 11.9 Å². The molecule has 62 heavy (non-hydrogen) atoms. The lowest BCUT2D eigenvalue weighted by Crippen LogP contribution is -2.74. The number of hydrogen-bond acceptors (Lipinski definition) is 7. The van der Waals surface area contributed by atoms with Crippen LogP contribution in [0.4, 0.5) is 0 Å². The molecule has 0 amide bonds.